The first-order valence-electron chi connectivity index (χ1n) is 8.15. The molecule has 0 aliphatic carbocycles. The van der Waals surface area contributed by atoms with E-state index < -0.39 is 0 Å². The highest BCUT2D eigenvalue weighted by Crippen LogP contribution is 2.02. The van der Waals surface area contributed by atoms with E-state index in [4.69, 9.17) is 0 Å². The van der Waals surface area contributed by atoms with Gasteiger partial charge >= 0.3 is 0 Å². The number of aliphatic imine (C=N–C) groups is 1. The van der Waals surface area contributed by atoms with E-state index in [1.165, 1.54) is 12.8 Å². The Morgan fingerprint density at radius 2 is 2.18 bits per heavy atom. The van der Waals surface area contributed by atoms with Crippen molar-refractivity contribution in [3.8, 4) is 0 Å². The van der Waals surface area contributed by atoms with Gasteiger partial charge in [0.2, 0.25) is 5.91 Å². The lowest BCUT2D eigenvalue weighted by Gasteiger charge is -2.25. The van der Waals surface area contributed by atoms with E-state index in [1.807, 2.05) is 0 Å². The van der Waals surface area contributed by atoms with Crippen molar-refractivity contribution in [2.24, 2.45) is 4.99 Å². The molecule has 1 rings (SSSR count). The second-order valence-electron chi connectivity index (χ2n) is 5.60. The zero-order valence-electron chi connectivity index (χ0n) is 14.2. The van der Waals surface area contributed by atoms with Crippen LogP contribution in [0, 0.1) is 0 Å². The first-order chi connectivity index (χ1) is 10.2. The quantitative estimate of drug-likeness (QED) is 0.310. The number of hydrogen-bond acceptors (Lipinski definition) is 3. The van der Waals surface area contributed by atoms with Gasteiger partial charge in [-0.3, -0.25) is 9.79 Å². The first kappa shape index (κ1) is 21.4. The normalized spacial score (nSPS) is 18.6. The van der Waals surface area contributed by atoms with Gasteiger partial charge in [0.25, 0.3) is 0 Å². The van der Waals surface area contributed by atoms with Crippen LogP contribution in [0.15, 0.2) is 4.99 Å². The van der Waals surface area contributed by atoms with E-state index in [1.54, 1.807) is 0 Å². The van der Waals surface area contributed by atoms with Crippen molar-refractivity contribution in [3.05, 3.63) is 0 Å². The number of hydrogen-bond donors (Lipinski definition) is 3. The van der Waals surface area contributed by atoms with Gasteiger partial charge in [0.05, 0.1) is 6.54 Å². The van der Waals surface area contributed by atoms with Gasteiger partial charge in [0.15, 0.2) is 5.96 Å². The molecule has 7 heteroatoms. The van der Waals surface area contributed by atoms with Crippen LogP contribution < -0.4 is 16.0 Å². The monoisotopic (exact) mass is 425 g/mol. The van der Waals surface area contributed by atoms with Crippen molar-refractivity contribution < 1.29 is 4.79 Å². The molecule has 1 amide bonds. The highest BCUT2D eigenvalue weighted by Gasteiger charge is 2.18. The van der Waals surface area contributed by atoms with Crippen LogP contribution in [-0.4, -0.2) is 62.6 Å². The molecule has 6 nitrogen and oxygen atoms in total. The van der Waals surface area contributed by atoms with Crippen LogP contribution in [0.5, 0.6) is 0 Å². The zero-order valence-corrected chi connectivity index (χ0v) is 16.5. The molecule has 1 aliphatic heterocycles. The van der Waals surface area contributed by atoms with Crippen LogP contribution in [0.25, 0.3) is 0 Å². The van der Waals surface area contributed by atoms with E-state index in [0.29, 0.717) is 13.0 Å². The Labute approximate surface area is 151 Å². The second-order valence-corrected chi connectivity index (χ2v) is 5.60. The van der Waals surface area contributed by atoms with Crippen LogP contribution in [0.3, 0.4) is 0 Å². The molecule has 0 bridgehead atoms. The van der Waals surface area contributed by atoms with Gasteiger partial charge in [-0.15, -0.1) is 24.0 Å². The van der Waals surface area contributed by atoms with E-state index in [2.05, 4.69) is 46.7 Å². The molecule has 22 heavy (non-hydrogen) atoms. The molecular formula is C15H32IN5O. The Morgan fingerprint density at radius 1 is 1.41 bits per heavy atom. The van der Waals surface area contributed by atoms with Gasteiger partial charge in [0.1, 0.15) is 0 Å². The Bertz CT molecular complexity index is 328. The summed E-state index contributed by atoms with van der Waals surface area (Å²) in [5, 5.41) is 9.55. The molecule has 0 saturated carbocycles. The minimum Gasteiger partial charge on any atom is -0.357 e. The highest BCUT2D eigenvalue weighted by atomic mass is 127. The van der Waals surface area contributed by atoms with Crippen LogP contribution in [-0.2, 0) is 4.79 Å². The molecule has 0 aromatic carbocycles. The van der Waals surface area contributed by atoms with E-state index in [-0.39, 0.29) is 35.9 Å². The third-order valence-corrected chi connectivity index (χ3v) is 3.60. The number of guanidine groups is 1. The number of carbonyl (C=O) groups is 1. The highest BCUT2D eigenvalue weighted by molar-refractivity contribution is 14.0. The standard InChI is InChI=1S/C15H31N5O.HI/c1-4-6-10-20(3)11-9-17-15(16-5-2)19-13-7-8-14(21)18-12-13;/h13H,4-12H2,1-3H3,(H,18,21)(H2,16,17,19);1H. The largest absolute Gasteiger partial charge is 0.357 e. The smallest absolute Gasteiger partial charge is 0.220 e. The molecule has 1 aliphatic rings. The Hall–Kier alpha value is -0.570. The van der Waals surface area contributed by atoms with Gasteiger partial charge in [-0.1, -0.05) is 13.3 Å². The Morgan fingerprint density at radius 3 is 2.77 bits per heavy atom. The third-order valence-electron chi connectivity index (χ3n) is 3.60. The van der Waals surface area contributed by atoms with Crippen molar-refractivity contribution >= 4 is 35.8 Å². The summed E-state index contributed by atoms with van der Waals surface area (Å²) in [7, 11) is 2.14. The molecule has 0 radical (unpaired) electrons. The van der Waals surface area contributed by atoms with Crippen molar-refractivity contribution in [2.75, 3.05) is 39.8 Å². The minimum atomic E-state index is 0. The number of nitrogens with zero attached hydrogens (tertiary/aromatic N) is 2. The summed E-state index contributed by atoms with van der Waals surface area (Å²) in [5.74, 6) is 0.995. The number of unbranched alkanes of at least 4 members (excludes halogenated alkanes) is 1. The van der Waals surface area contributed by atoms with Gasteiger partial charge < -0.3 is 20.9 Å². The molecule has 0 aromatic rings. The molecule has 3 N–H and O–H groups in total. The van der Waals surface area contributed by atoms with Crippen molar-refractivity contribution in [3.63, 3.8) is 0 Å². The second kappa shape index (κ2) is 12.9. The van der Waals surface area contributed by atoms with Gasteiger partial charge in [-0.25, -0.2) is 0 Å². The maximum Gasteiger partial charge on any atom is 0.220 e. The number of rotatable bonds is 8. The average Bonchev–Trinajstić information content (AvgIpc) is 2.47. The number of likely N-dealkylation sites (N-methyl/N-ethyl adjacent to an activating group) is 1. The number of nitrogens with one attached hydrogen (secondary N) is 3. The summed E-state index contributed by atoms with van der Waals surface area (Å²) >= 11 is 0. The fraction of sp³-hybridized carbons (Fsp3) is 0.867. The molecule has 1 fully saturated rings. The fourth-order valence-corrected chi connectivity index (χ4v) is 2.24. The maximum absolute atomic E-state index is 11.2. The van der Waals surface area contributed by atoms with Crippen LogP contribution in [0.4, 0.5) is 0 Å². The van der Waals surface area contributed by atoms with Crippen LogP contribution >= 0.6 is 24.0 Å². The van der Waals surface area contributed by atoms with Crippen molar-refractivity contribution in [2.45, 2.75) is 45.6 Å². The summed E-state index contributed by atoms with van der Waals surface area (Å²) in [4.78, 5) is 18.1. The summed E-state index contributed by atoms with van der Waals surface area (Å²) in [6.07, 6.45) is 3.93. The SMILES string of the molecule is CCCCN(C)CCN=C(NCC)NC1CCC(=O)NC1.I. The van der Waals surface area contributed by atoms with Gasteiger partial charge in [-0.2, -0.15) is 0 Å². The van der Waals surface area contributed by atoms with Crippen molar-refractivity contribution in [1.82, 2.24) is 20.9 Å². The molecule has 130 valence electrons. The molecule has 1 saturated heterocycles. The summed E-state index contributed by atoms with van der Waals surface area (Å²) in [5.41, 5.74) is 0. The number of carbonyl (C=O) groups excluding carboxylic acids is 1. The fourth-order valence-electron chi connectivity index (χ4n) is 2.24. The third kappa shape index (κ3) is 9.45. The minimum absolute atomic E-state index is 0. The van der Waals surface area contributed by atoms with E-state index >= 15 is 0 Å². The number of halogens is 1. The Kier molecular flexibility index (Phi) is 12.6. The number of piperidine rings is 1. The van der Waals surface area contributed by atoms with E-state index in [0.717, 1.165) is 38.6 Å². The Balaban J connectivity index is 0.00000441. The molecule has 1 unspecified atom stereocenters. The summed E-state index contributed by atoms with van der Waals surface area (Å²) in [6, 6.07) is 0.276. The lowest BCUT2D eigenvalue weighted by Crippen LogP contribution is -2.51. The van der Waals surface area contributed by atoms with E-state index in [9.17, 15) is 4.79 Å². The topological polar surface area (TPSA) is 68.8 Å². The molecule has 1 atom stereocenters. The molecule has 1 heterocycles. The van der Waals surface area contributed by atoms with Crippen LogP contribution in [0.1, 0.15) is 39.5 Å². The number of amides is 1. The van der Waals surface area contributed by atoms with Crippen LogP contribution in [0.2, 0.25) is 0 Å². The molecule has 0 spiro atoms. The average molecular weight is 425 g/mol. The lowest BCUT2D eigenvalue weighted by molar-refractivity contribution is -0.122. The maximum atomic E-state index is 11.2. The first-order valence-corrected chi connectivity index (χ1v) is 8.15. The summed E-state index contributed by atoms with van der Waals surface area (Å²) in [6.45, 7) is 8.68. The predicted molar refractivity (Wildman–Crippen MR) is 103 cm³/mol. The summed E-state index contributed by atoms with van der Waals surface area (Å²) < 4.78 is 0. The van der Waals surface area contributed by atoms with Gasteiger partial charge in [-0.05, 0) is 33.4 Å². The van der Waals surface area contributed by atoms with Crippen molar-refractivity contribution in [1.29, 1.82) is 0 Å². The molecular weight excluding hydrogens is 393 g/mol. The predicted octanol–water partition coefficient (Wildman–Crippen LogP) is 1.17. The van der Waals surface area contributed by atoms with Gasteiger partial charge in [0, 0.05) is 32.1 Å². The lowest BCUT2D eigenvalue weighted by atomic mass is 10.1. The zero-order chi connectivity index (χ0) is 15.5. The molecule has 0 aromatic heterocycles.